The van der Waals surface area contributed by atoms with Crippen LogP contribution in [0.5, 0.6) is 11.5 Å². The zero-order valence-electron chi connectivity index (χ0n) is 27.2. The van der Waals surface area contributed by atoms with E-state index in [2.05, 4.69) is 33.4 Å². The van der Waals surface area contributed by atoms with Crippen molar-refractivity contribution in [1.29, 1.82) is 0 Å². The molecule has 2 N–H and O–H groups in total. The molecule has 0 bridgehead atoms. The SMILES string of the molecule is C=CCOC(=O)Nc1ncnc2c1ncn2[C@H]1C[C@H](OP(=O)(OCC=C)OC(C(=O)c2ccccc2)c2cc(OC)cc(OC)c2)[C@@H](CO)O1. The fourth-order valence-corrected chi connectivity index (χ4v) is 6.58. The summed E-state index contributed by atoms with van der Waals surface area (Å²) in [4.78, 5) is 38.8. The number of nitrogens with one attached hydrogen (secondary N) is 1. The molecule has 0 spiro atoms. The van der Waals surface area contributed by atoms with Crippen molar-refractivity contribution in [3.63, 3.8) is 0 Å². The van der Waals surface area contributed by atoms with Gasteiger partial charge in [-0.1, -0.05) is 49.1 Å². The third-order valence-corrected chi connectivity index (χ3v) is 8.87. The van der Waals surface area contributed by atoms with E-state index in [-0.39, 0.29) is 47.7 Å². The van der Waals surface area contributed by atoms with E-state index in [1.165, 1.54) is 39.0 Å². The summed E-state index contributed by atoms with van der Waals surface area (Å²) < 4.78 is 55.5. The number of carbonyl (C=O) groups is 2. The van der Waals surface area contributed by atoms with E-state index >= 15 is 0 Å². The Morgan fingerprint density at radius 3 is 2.46 bits per heavy atom. The van der Waals surface area contributed by atoms with Crippen molar-refractivity contribution in [3.05, 3.63) is 97.6 Å². The molecule has 5 atom stereocenters. The number of phosphoric acid groups is 1. The van der Waals surface area contributed by atoms with Crippen LogP contribution in [0.25, 0.3) is 11.2 Å². The Hall–Kier alpha value is -4.96. The fraction of sp³-hybridized carbons (Fsp3) is 0.303. The zero-order valence-corrected chi connectivity index (χ0v) is 28.1. The number of amides is 1. The van der Waals surface area contributed by atoms with Gasteiger partial charge in [0.05, 0.1) is 33.8 Å². The lowest BCUT2D eigenvalue weighted by Crippen LogP contribution is -2.28. The lowest BCUT2D eigenvalue weighted by Gasteiger charge is -2.27. The number of phosphoric ester groups is 1. The summed E-state index contributed by atoms with van der Waals surface area (Å²) >= 11 is 0. The first-order valence-electron chi connectivity index (χ1n) is 15.3. The highest BCUT2D eigenvalue weighted by Crippen LogP contribution is 2.57. The normalized spacial score (nSPS) is 18.9. The molecule has 1 fully saturated rings. The van der Waals surface area contributed by atoms with E-state index < -0.39 is 50.8 Å². The van der Waals surface area contributed by atoms with Gasteiger partial charge in [-0.25, -0.2) is 24.3 Å². The molecule has 1 saturated heterocycles. The number of ether oxygens (including phenoxy) is 4. The van der Waals surface area contributed by atoms with E-state index in [9.17, 15) is 19.3 Å². The third-order valence-electron chi connectivity index (χ3n) is 7.40. The molecule has 17 heteroatoms. The largest absolute Gasteiger partial charge is 0.497 e. The number of aliphatic hydroxyl groups excluding tert-OH is 1. The van der Waals surface area contributed by atoms with Crippen LogP contribution in [-0.4, -0.2) is 82.8 Å². The Morgan fingerprint density at radius 2 is 1.80 bits per heavy atom. The van der Waals surface area contributed by atoms with Gasteiger partial charge in [0.15, 0.2) is 28.9 Å². The number of fused-ring (bicyclic) bond motifs is 1. The molecule has 2 aromatic heterocycles. The number of rotatable bonds is 17. The molecule has 264 valence electrons. The van der Waals surface area contributed by atoms with Gasteiger partial charge in [-0.15, -0.1) is 6.58 Å². The molecule has 0 saturated carbocycles. The summed E-state index contributed by atoms with van der Waals surface area (Å²) in [6, 6.07) is 13.0. The second-order valence-electron chi connectivity index (χ2n) is 10.6. The molecule has 1 aliphatic rings. The fourth-order valence-electron chi connectivity index (χ4n) is 5.09. The Balaban J connectivity index is 1.44. The summed E-state index contributed by atoms with van der Waals surface area (Å²) in [5.41, 5.74) is 1.03. The average molecular weight is 710 g/mol. The van der Waals surface area contributed by atoms with Crippen molar-refractivity contribution in [2.24, 2.45) is 0 Å². The van der Waals surface area contributed by atoms with Crippen LogP contribution in [-0.2, 0) is 27.6 Å². The number of imidazole rings is 1. The van der Waals surface area contributed by atoms with E-state index in [1.54, 1.807) is 53.1 Å². The van der Waals surface area contributed by atoms with Gasteiger partial charge < -0.3 is 24.1 Å². The van der Waals surface area contributed by atoms with Crippen molar-refractivity contribution in [1.82, 2.24) is 19.5 Å². The second-order valence-corrected chi connectivity index (χ2v) is 12.2. The standard InChI is InChI=1S/C33H36N5O11P/c1-5-12-45-33(41)37-31-28-32(35-19-34-31)38(20-36-28)27-17-25(26(18-39)47-27)48-50(42,46-13-6-2)49-30(29(40)21-10-8-7-9-11-21)22-14-23(43-3)16-24(15-22)44-4/h5-11,14-16,19-20,25-27,30,39H,1-2,12-13,17-18H2,3-4H3,(H,34,35,37,41)/t25-,26+,27+,30?,50?/m0/s1. The number of aliphatic hydroxyl groups is 1. The summed E-state index contributed by atoms with van der Waals surface area (Å²) in [7, 11) is -1.75. The van der Waals surface area contributed by atoms with Gasteiger partial charge >= 0.3 is 13.9 Å². The van der Waals surface area contributed by atoms with Crippen molar-refractivity contribution in [2.75, 3.05) is 39.4 Å². The molecule has 2 aromatic carbocycles. The minimum Gasteiger partial charge on any atom is -0.497 e. The molecular formula is C33H36N5O11P. The summed E-state index contributed by atoms with van der Waals surface area (Å²) in [6.07, 6.45) is 0.202. The number of Topliss-reactive ketones (excluding diaryl/α,β-unsaturated/α-hetero) is 1. The van der Waals surface area contributed by atoms with Crippen LogP contribution in [0.1, 0.15) is 34.7 Å². The maximum atomic E-state index is 14.5. The zero-order chi connectivity index (χ0) is 35.7. The Kier molecular flexibility index (Phi) is 12.1. The minimum atomic E-state index is -4.65. The number of carbonyl (C=O) groups excluding carboxylic acids is 2. The molecular weight excluding hydrogens is 673 g/mol. The van der Waals surface area contributed by atoms with E-state index in [0.717, 1.165) is 0 Å². The quantitative estimate of drug-likeness (QED) is 0.0826. The van der Waals surface area contributed by atoms with Gasteiger partial charge in [0.1, 0.15) is 42.9 Å². The van der Waals surface area contributed by atoms with Crippen LogP contribution >= 0.6 is 7.82 Å². The first-order chi connectivity index (χ1) is 24.2. The second kappa shape index (κ2) is 16.6. The number of ketones is 1. The Bertz CT molecular complexity index is 1850. The highest BCUT2D eigenvalue weighted by molar-refractivity contribution is 7.48. The number of methoxy groups -OCH3 is 2. The van der Waals surface area contributed by atoms with Gasteiger partial charge in [-0.2, -0.15) is 0 Å². The van der Waals surface area contributed by atoms with Crippen LogP contribution in [0.2, 0.25) is 0 Å². The van der Waals surface area contributed by atoms with Crippen molar-refractivity contribution in [2.45, 2.75) is 31.0 Å². The predicted octanol–water partition coefficient (Wildman–Crippen LogP) is 5.19. The molecule has 1 aliphatic heterocycles. The van der Waals surface area contributed by atoms with Crippen molar-refractivity contribution in [3.8, 4) is 11.5 Å². The van der Waals surface area contributed by atoms with Crippen molar-refractivity contribution < 1.29 is 51.8 Å². The molecule has 5 rings (SSSR count). The lowest BCUT2D eigenvalue weighted by atomic mass is 9.99. The minimum absolute atomic E-state index is 0.00662. The molecule has 0 aliphatic carbocycles. The third kappa shape index (κ3) is 8.42. The summed E-state index contributed by atoms with van der Waals surface area (Å²) in [5.74, 6) is 0.250. The molecule has 4 aromatic rings. The van der Waals surface area contributed by atoms with Gasteiger partial charge in [-0.3, -0.25) is 28.2 Å². The van der Waals surface area contributed by atoms with Crippen LogP contribution in [0, 0.1) is 0 Å². The Morgan fingerprint density at radius 1 is 1.08 bits per heavy atom. The number of anilines is 1. The van der Waals surface area contributed by atoms with Gasteiger partial charge in [0, 0.05) is 18.1 Å². The molecule has 16 nitrogen and oxygen atoms in total. The number of aromatic nitrogens is 4. The van der Waals surface area contributed by atoms with E-state index in [0.29, 0.717) is 11.5 Å². The Labute approximate surface area is 287 Å². The predicted molar refractivity (Wildman–Crippen MR) is 179 cm³/mol. The average Bonchev–Trinajstić information content (AvgIpc) is 3.76. The van der Waals surface area contributed by atoms with Crippen LogP contribution in [0.3, 0.4) is 0 Å². The monoisotopic (exact) mass is 709 g/mol. The summed E-state index contributed by atoms with van der Waals surface area (Å²) in [6.45, 7) is 6.32. The number of hydrogen-bond donors (Lipinski definition) is 2. The molecule has 1 amide bonds. The highest BCUT2D eigenvalue weighted by atomic mass is 31.2. The van der Waals surface area contributed by atoms with Gasteiger partial charge in [0.25, 0.3) is 0 Å². The maximum Gasteiger partial charge on any atom is 0.476 e. The van der Waals surface area contributed by atoms with Crippen LogP contribution in [0.4, 0.5) is 10.6 Å². The molecule has 0 radical (unpaired) electrons. The first kappa shape index (κ1) is 36.3. The number of hydrogen-bond acceptors (Lipinski definition) is 14. The summed E-state index contributed by atoms with van der Waals surface area (Å²) in [5, 5.41) is 12.8. The van der Waals surface area contributed by atoms with Crippen molar-refractivity contribution >= 4 is 36.7 Å². The van der Waals surface area contributed by atoms with E-state index in [1.807, 2.05) is 0 Å². The number of benzene rings is 2. The topological polar surface area (TPSA) is 192 Å². The smallest absolute Gasteiger partial charge is 0.476 e. The van der Waals surface area contributed by atoms with Gasteiger partial charge in [0.2, 0.25) is 0 Å². The van der Waals surface area contributed by atoms with Gasteiger partial charge in [-0.05, 0) is 17.7 Å². The van der Waals surface area contributed by atoms with Crippen LogP contribution in [0.15, 0.2) is 86.5 Å². The molecule has 3 heterocycles. The highest BCUT2D eigenvalue weighted by Gasteiger charge is 2.45. The number of nitrogens with zero attached hydrogens (tertiary/aromatic N) is 4. The maximum absolute atomic E-state index is 14.5. The molecule has 2 unspecified atom stereocenters. The lowest BCUT2D eigenvalue weighted by molar-refractivity contribution is -0.0461. The van der Waals surface area contributed by atoms with E-state index in [4.69, 9.17) is 32.5 Å². The first-order valence-corrected chi connectivity index (χ1v) is 16.7. The van der Waals surface area contributed by atoms with Crippen LogP contribution < -0.4 is 14.8 Å². The molecule has 50 heavy (non-hydrogen) atoms.